The van der Waals surface area contributed by atoms with Gasteiger partial charge in [-0.3, -0.25) is 9.59 Å². The number of benzene rings is 3. The minimum Gasteiger partial charge on any atom is -0.493 e. The molecule has 0 spiro atoms. The quantitative estimate of drug-likeness (QED) is 0.412. The summed E-state index contributed by atoms with van der Waals surface area (Å²) in [6.45, 7) is 3.75. The number of hydrogen-bond acceptors (Lipinski definition) is 4. The molecule has 0 saturated carbocycles. The largest absolute Gasteiger partial charge is 0.493 e. The van der Waals surface area contributed by atoms with Gasteiger partial charge in [-0.15, -0.1) is 0 Å². The van der Waals surface area contributed by atoms with Crippen molar-refractivity contribution in [1.29, 1.82) is 0 Å². The van der Waals surface area contributed by atoms with Crippen LogP contribution in [0.15, 0.2) is 78.9 Å². The van der Waals surface area contributed by atoms with Crippen LogP contribution in [-0.4, -0.2) is 42.5 Å². The zero-order chi connectivity index (χ0) is 25.2. The van der Waals surface area contributed by atoms with Crippen LogP contribution in [0.3, 0.4) is 0 Å². The van der Waals surface area contributed by atoms with Gasteiger partial charge in [-0.25, -0.2) is 0 Å². The van der Waals surface area contributed by atoms with Gasteiger partial charge >= 0.3 is 0 Å². The normalized spacial score (nSPS) is 11.6. The first-order chi connectivity index (χ1) is 16.9. The molecular formula is C28H31ClN2O4. The molecule has 1 atom stereocenters. The van der Waals surface area contributed by atoms with E-state index in [1.165, 1.54) is 0 Å². The first-order valence-corrected chi connectivity index (χ1v) is 11.9. The van der Waals surface area contributed by atoms with Crippen molar-refractivity contribution in [2.45, 2.75) is 38.9 Å². The van der Waals surface area contributed by atoms with Crippen LogP contribution in [0.4, 0.5) is 0 Å². The Balaban J connectivity index is 1.92. The highest BCUT2D eigenvalue weighted by molar-refractivity contribution is 6.30. The minimum atomic E-state index is -0.743. The van der Waals surface area contributed by atoms with Gasteiger partial charge in [-0.2, -0.15) is 0 Å². The molecule has 0 aliphatic rings. The van der Waals surface area contributed by atoms with Crippen LogP contribution in [0, 0.1) is 0 Å². The number of halogens is 1. The Morgan fingerprint density at radius 2 is 1.57 bits per heavy atom. The van der Waals surface area contributed by atoms with E-state index in [0.29, 0.717) is 22.9 Å². The summed E-state index contributed by atoms with van der Waals surface area (Å²) in [7, 11) is 1.54. The fourth-order valence-corrected chi connectivity index (χ4v) is 3.94. The molecule has 35 heavy (non-hydrogen) atoms. The predicted molar refractivity (Wildman–Crippen MR) is 138 cm³/mol. The van der Waals surface area contributed by atoms with E-state index in [2.05, 4.69) is 5.32 Å². The third kappa shape index (κ3) is 7.76. The summed E-state index contributed by atoms with van der Waals surface area (Å²) in [5, 5.41) is 3.53. The molecule has 3 aromatic carbocycles. The van der Waals surface area contributed by atoms with Crippen molar-refractivity contribution < 1.29 is 19.1 Å². The second-order valence-corrected chi connectivity index (χ2v) is 8.90. The zero-order valence-electron chi connectivity index (χ0n) is 20.2. The molecule has 0 bridgehead atoms. The first kappa shape index (κ1) is 26.1. The van der Waals surface area contributed by atoms with E-state index >= 15 is 0 Å². The molecule has 6 nitrogen and oxygen atoms in total. The monoisotopic (exact) mass is 494 g/mol. The molecule has 7 heteroatoms. The van der Waals surface area contributed by atoms with E-state index in [0.717, 1.165) is 11.1 Å². The fourth-order valence-electron chi connectivity index (χ4n) is 3.73. The molecule has 0 unspecified atom stereocenters. The maximum Gasteiger partial charge on any atom is 0.261 e. The summed E-state index contributed by atoms with van der Waals surface area (Å²) in [5.74, 6) is 0.435. The first-order valence-electron chi connectivity index (χ1n) is 11.5. The van der Waals surface area contributed by atoms with Crippen molar-refractivity contribution in [3.05, 3.63) is 95.0 Å². The van der Waals surface area contributed by atoms with Crippen LogP contribution < -0.4 is 14.8 Å². The van der Waals surface area contributed by atoms with Crippen LogP contribution in [0.25, 0.3) is 0 Å². The van der Waals surface area contributed by atoms with Gasteiger partial charge in [-0.05, 0) is 49.2 Å². The second kappa shape index (κ2) is 12.8. The Morgan fingerprint density at radius 1 is 0.914 bits per heavy atom. The molecule has 3 rings (SSSR count). The van der Waals surface area contributed by atoms with Crippen molar-refractivity contribution >= 4 is 23.4 Å². The molecule has 0 aliphatic carbocycles. The number of para-hydroxylation sites is 2. The lowest BCUT2D eigenvalue weighted by atomic mass is 10.0. The number of nitrogens with one attached hydrogen (secondary N) is 1. The minimum absolute atomic E-state index is 0.0753. The molecule has 0 radical (unpaired) electrons. The summed E-state index contributed by atoms with van der Waals surface area (Å²) in [6.07, 6.45) is 0.361. The lowest BCUT2D eigenvalue weighted by Crippen LogP contribution is -2.52. The van der Waals surface area contributed by atoms with E-state index in [4.69, 9.17) is 21.1 Å². The summed E-state index contributed by atoms with van der Waals surface area (Å²) >= 11 is 6.20. The smallest absolute Gasteiger partial charge is 0.261 e. The summed E-state index contributed by atoms with van der Waals surface area (Å²) in [4.78, 5) is 28.5. The zero-order valence-corrected chi connectivity index (χ0v) is 21.0. The highest BCUT2D eigenvalue weighted by Crippen LogP contribution is 2.26. The van der Waals surface area contributed by atoms with Crippen molar-refractivity contribution in [1.82, 2.24) is 10.2 Å². The van der Waals surface area contributed by atoms with Crippen LogP contribution in [-0.2, 0) is 22.6 Å². The molecule has 0 aliphatic heterocycles. The highest BCUT2D eigenvalue weighted by Gasteiger charge is 2.31. The van der Waals surface area contributed by atoms with Crippen LogP contribution in [0.1, 0.15) is 25.0 Å². The SMILES string of the molecule is COc1ccccc1OCC(=O)N(Cc1cccc(Cl)c1)[C@H](Cc1ccccc1)C(=O)NC(C)C. The number of carbonyl (C=O) groups is 2. The van der Waals surface area contributed by atoms with Gasteiger partial charge in [-0.1, -0.05) is 66.2 Å². The maximum atomic E-state index is 13.6. The lowest BCUT2D eigenvalue weighted by molar-refractivity contribution is -0.143. The van der Waals surface area contributed by atoms with E-state index in [1.54, 1.807) is 42.3 Å². The molecular weight excluding hydrogens is 464 g/mol. The van der Waals surface area contributed by atoms with Crippen molar-refractivity contribution in [2.75, 3.05) is 13.7 Å². The number of rotatable bonds is 11. The topological polar surface area (TPSA) is 67.9 Å². The van der Waals surface area contributed by atoms with Crippen molar-refractivity contribution in [3.8, 4) is 11.5 Å². The second-order valence-electron chi connectivity index (χ2n) is 8.46. The molecule has 3 aromatic rings. The Kier molecular flexibility index (Phi) is 9.56. The number of hydrogen-bond donors (Lipinski definition) is 1. The number of methoxy groups -OCH3 is 1. The number of ether oxygens (including phenoxy) is 2. The average Bonchev–Trinajstić information content (AvgIpc) is 2.85. The van der Waals surface area contributed by atoms with Crippen molar-refractivity contribution in [2.24, 2.45) is 0 Å². The van der Waals surface area contributed by atoms with Gasteiger partial charge < -0.3 is 19.7 Å². The maximum absolute atomic E-state index is 13.6. The molecule has 1 N–H and O–H groups in total. The molecule has 0 aromatic heterocycles. The van der Waals surface area contributed by atoms with Crippen LogP contribution in [0.2, 0.25) is 5.02 Å². The fraction of sp³-hybridized carbons (Fsp3) is 0.286. The van der Waals surface area contributed by atoms with Crippen LogP contribution >= 0.6 is 11.6 Å². The number of carbonyl (C=O) groups excluding carboxylic acids is 2. The molecule has 0 saturated heterocycles. The third-order valence-electron chi connectivity index (χ3n) is 5.36. The Hall–Kier alpha value is -3.51. The van der Waals surface area contributed by atoms with E-state index in [9.17, 15) is 9.59 Å². The van der Waals surface area contributed by atoms with Gasteiger partial charge in [0.1, 0.15) is 6.04 Å². The highest BCUT2D eigenvalue weighted by atomic mass is 35.5. The van der Waals surface area contributed by atoms with Gasteiger partial charge in [0.15, 0.2) is 18.1 Å². The summed E-state index contributed by atoms with van der Waals surface area (Å²) in [5.41, 5.74) is 1.77. The van der Waals surface area contributed by atoms with Crippen LogP contribution in [0.5, 0.6) is 11.5 Å². The Bertz CT molecular complexity index is 1120. The van der Waals surface area contributed by atoms with Gasteiger partial charge in [0.2, 0.25) is 5.91 Å². The van der Waals surface area contributed by atoms with E-state index < -0.39 is 6.04 Å². The standard InChI is InChI=1S/C28H31ClN2O4/c1-20(2)30-28(33)24(17-21-10-5-4-6-11-21)31(18-22-12-9-13-23(29)16-22)27(32)19-35-26-15-8-7-14-25(26)34-3/h4-16,20,24H,17-19H2,1-3H3,(H,30,33)/t24-/m1/s1. The summed E-state index contributed by atoms with van der Waals surface area (Å²) < 4.78 is 11.1. The Labute approximate surface area is 211 Å². The number of nitrogens with zero attached hydrogens (tertiary/aromatic N) is 1. The molecule has 0 heterocycles. The summed E-state index contributed by atoms with van der Waals surface area (Å²) in [6, 6.07) is 23.2. The third-order valence-corrected chi connectivity index (χ3v) is 5.60. The van der Waals surface area contributed by atoms with Crippen molar-refractivity contribution in [3.63, 3.8) is 0 Å². The van der Waals surface area contributed by atoms with Gasteiger partial charge in [0.05, 0.1) is 7.11 Å². The van der Waals surface area contributed by atoms with Gasteiger partial charge in [0, 0.05) is 24.0 Å². The number of amides is 2. The van der Waals surface area contributed by atoms with E-state index in [-0.39, 0.29) is 31.0 Å². The van der Waals surface area contributed by atoms with E-state index in [1.807, 2.05) is 62.4 Å². The Morgan fingerprint density at radius 3 is 2.23 bits per heavy atom. The molecule has 0 fully saturated rings. The molecule has 2 amide bonds. The average molecular weight is 495 g/mol. The van der Waals surface area contributed by atoms with Gasteiger partial charge in [0.25, 0.3) is 5.91 Å². The predicted octanol–water partition coefficient (Wildman–Crippen LogP) is 4.89. The molecule has 184 valence electrons. The lowest BCUT2D eigenvalue weighted by Gasteiger charge is -2.32.